The van der Waals surface area contributed by atoms with Crippen molar-refractivity contribution in [3.8, 4) is 0 Å². The van der Waals surface area contributed by atoms with E-state index in [4.69, 9.17) is 0 Å². The Bertz CT molecular complexity index is 443. The third-order valence-corrected chi connectivity index (χ3v) is 4.20. The van der Waals surface area contributed by atoms with E-state index in [0.29, 0.717) is 11.6 Å². The van der Waals surface area contributed by atoms with E-state index in [1.165, 1.54) is 12.1 Å². The van der Waals surface area contributed by atoms with Crippen LogP contribution in [0.5, 0.6) is 0 Å². The number of carbonyl (C=O) groups is 1. The van der Waals surface area contributed by atoms with Crippen molar-refractivity contribution in [2.24, 2.45) is 5.92 Å². The minimum atomic E-state index is -0.302. The van der Waals surface area contributed by atoms with Crippen molar-refractivity contribution in [2.75, 3.05) is 6.54 Å². The topological polar surface area (TPSA) is 20.3 Å². The molecule has 0 aliphatic carbocycles. The van der Waals surface area contributed by atoms with Crippen molar-refractivity contribution < 1.29 is 9.18 Å². The van der Waals surface area contributed by atoms with Crippen LogP contribution in [0.15, 0.2) is 24.3 Å². The lowest BCUT2D eigenvalue weighted by Crippen LogP contribution is -2.48. The predicted molar refractivity (Wildman–Crippen MR) is 74.8 cm³/mol. The lowest BCUT2D eigenvalue weighted by Gasteiger charge is -2.39. The Kier molecular flexibility index (Phi) is 4.35. The van der Waals surface area contributed by atoms with E-state index < -0.39 is 0 Å². The molecule has 0 bridgehead atoms. The second kappa shape index (κ2) is 5.83. The summed E-state index contributed by atoms with van der Waals surface area (Å²) in [7, 11) is 0. The number of halogens is 1. The van der Waals surface area contributed by atoms with Crippen LogP contribution in [-0.2, 0) is 0 Å². The molecule has 0 saturated carbocycles. The first-order valence-corrected chi connectivity index (χ1v) is 7.04. The number of rotatable bonds is 3. The Morgan fingerprint density at radius 3 is 2.53 bits per heavy atom. The van der Waals surface area contributed by atoms with Gasteiger partial charge in [0.15, 0.2) is 5.78 Å². The molecule has 0 radical (unpaired) electrons. The van der Waals surface area contributed by atoms with Crippen LogP contribution in [-0.4, -0.2) is 29.3 Å². The first-order valence-electron chi connectivity index (χ1n) is 7.04. The van der Waals surface area contributed by atoms with E-state index >= 15 is 0 Å². The van der Waals surface area contributed by atoms with E-state index in [9.17, 15) is 9.18 Å². The molecule has 1 fully saturated rings. The van der Waals surface area contributed by atoms with E-state index in [1.807, 2.05) is 6.92 Å². The number of ketones is 1. The molecule has 104 valence electrons. The molecule has 1 aliphatic rings. The standard InChI is InChI=1S/C16H22FNO/c1-11-8-9-18(12(2)10-11)13(3)16(19)14-4-6-15(17)7-5-14/h4-7,11-13H,8-10H2,1-3H3. The van der Waals surface area contributed by atoms with Crippen molar-refractivity contribution in [1.29, 1.82) is 0 Å². The van der Waals surface area contributed by atoms with Crippen LogP contribution in [0.2, 0.25) is 0 Å². The van der Waals surface area contributed by atoms with Gasteiger partial charge in [-0.3, -0.25) is 9.69 Å². The molecule has 3 atom stereocenters. The second-order valence-corrected chi connectivity index (χ2v) is 5.76. The van der Waals surface area contributed by atoms with Crippen LogP contribution in [0.1, 0.15) is 44.0 Å². The molecular weight excluding hydrogens is 241 g/mol. The number of carbonyl (C=O) groups excluding carboxylic acids is 1. The van der Waals surface area contributed by atoms with Gasteiger partial charge in [0.25, 0.3) is 0 Å². The number of hydrogen-bond acceptors (Lipinski definition) is 2. The minimum absolute atomic E-state index is 0.0846. The van der Waals surface area contributed by atoms with Crippen molar-refractivity contribution in [3.63, 3.8) is 0 Å². The highest BCUT2D eigenvalue weighted by Gasteiger charge is 2.30. The molecule has 1 saturated heterocycles. The molecule has 0 aromatic heterocycles. The molecule has 0 amide bonds. The maximum atomic E-state index is 12.9. The highest BCUT2D eigenvalue weighted by Crippen LogP contribution is 2.25. The van der Waals surface area contributed by atoms with Crippen LogP contribution in [0, 0.1) is 11.7 Å². The van der Waals surface area contributed by atoms with Crippen LogP contribution in [0.4, 0.5) is 4.39 Å². The smallest absolute Gasteiger partial charge is 0.179 e. The van der Waals surface area contributed by atoms with Crippen molar-refractivity contribution in [1.82, 2.24) is 4.90 Å². The fraction of sp³-hybridized carbons (Fsp3) is 0.562. The minimum Gasteiger partial charge on any atom is -0.292 e. The average Bonchev–Trinajstić information content (AvgIpc) is 2.38. The third-order valence-electron chi connectivity index (χ3n) is 4.20. The zero-order chi connectivity index (χ0) is 14.0. The maximum Gasteiger partial charge on any atom is 0.179 e. The number of Topliss-reactive ketones (excluding diaryl/α,β-unsaturated/α-hetero) is 1. The van der Waals surface area contributed by atoms with Crippen LogP contribution < -0.4 is 0 Å². The van der Waals surface area contributed by atoms with E-state index in [2.05, 4.69) is 18.7 Å². The largest absolute Gasteiger partial charge is 0.292 e. The van der Waals surface area contributed by atoms with E-state index in [-0.39, 0.29) is 17.6 Å². The summed E-state index contributed by atoms with van der Waals surface area (Å²) < 4.78 is 12.9. The van der Waals surface area contributed by atoms with E-state index in [1.54, 1.807) is 12.1 Å². The van der Waals surface area contributed by atoms with E-state index in [0.717, 1.165) is 25.3 Å². The summed E-state index contributed by atoms with van der Waals surface area (Å²) >= 11 is 0. The number of hydrogen-bond donors (Lipinski definition) is 0. The number of likely N-dealkylation sites (tertiary alicyclic amines) is 1. The number of nitrogens with zero attached hydrogens (tertiary/aromatic N) is 1. The van der Waals surface area contributed by atoms with Gasteiger partial charge in [0, 0.05) is 11.6 Å². The quantitative estimate of drug-likeness (QED) is 0.778. The van der Waals surface area contributed by atoms with Crippen LogP contribution in [0.3, 0.4) is 0 Å². The molecule has 3 heteroatoms. The Morgan fingerprint density at radius 1 is 1.32 bits per heavy atom. The first-order chi connectivity index (χ1) is 8.99. The molecular formula is C16H22FNO. The van der Waals surface area contributed by atoms with Gasteiger partial charge in [0.05, 0.1) is 6.04 Å². The third kappa shape index (κ3) is 3.21. The Hall–Kier alpha value is -1.22. The zero-order valence-corrected chi connectivity index (χ0v) is 11.9. The van der Waals surface area contributed by atoms with Gasteiger partial charge < -0.3 is 0 Å². The summed E-state index contributed by atoms with van der Waals surface area (Å²) in [6.07, 6.45) is 2.28. The molecule has 1 aromatic rings. The summed E-state index contributed by atoms with van der Waals surface area (Å²) in [6, 6.07) is 6.15. The van der Waals surface area contributed by atoms with Crippen LogP contribution >= 0.6 is 0 Å². The monoisotopic (exact) mass is 263 g/mol. The summed E-state index contributed by atoms with van der Waals surface area (Å²) in [5, 5.41) is 0. The van der Waals surface area contributed by atoms with Crippen molar-refractivity contribution in [2.45, 2.75) is 45.7 Å². The molecule has 3 unspecified atom stereocenters. The lowest BCUT2D eigenvalue weighted by molar-refractivity contribution is 0.0627. The van der Waals surface area contributed by atoms with Gasteiger partial charge in [-0.2, -0.15) is 0 Å². The highest BCUT2D eigenvalue weighted by atomic mass is 19.1. The summed E-state index contributed by atoms with van der Waals surface area (Å²) in [4.78, 5) is 14.7. The fourth-order valence-electron chi connectivity index (χ4n) is 3.01. The van der Waals surface area contributed by atoms with Gasteiger partial charge in [0.1, 0.15) is 5.82 Å². The Balaban J connectivity index is 2.08. The number of benzene rings is 1. The van der Waals surface area contributed by atoms with Crippen molar-refractivity contribution >= 4 is 5.78 Å². The predicted octanol–water partition coefficient (Wildman–Crippen LogP) is 3.52. The summed E-state index contributed by atoms with van der Waals surface area (Å²) in [5.74, 6) is 0.519. The SMILES string of the molecule is CC1CCN(C(C)C(=O)c2ccc(F)cc2)C(C)C1. The number of piperidine rings is 1. The Labute approximate surface area is 114 Å². The van der Waals surface area contributed by atoms with Gasteiger partial charge in [-0.25, -0.2) is 4.39 Å². The molecule has 0 spiro atoms. The normalized spacial score (nSPS) is 26.1. The molecule has 1 aromatic carbocycles. The van der Waals surface area contributed by atoms with Crippen molar-refractivity contribution in [3.05, 3.63) is 35.6 Å². The lowest BCUT2D eigenvalue weighted by atomic mass is 9.91. The average molecular weight is 263 g/mol. The highest BCUT2D eigenvalue weighted by molar-refractivity contribution is 5.99. The zero-order valence-electron chi connectivity index (χ0n) is 11.9. The Morgan fingerprint density at radius 2 is 1.95 bits per heavy atom. The maximum absolute atomic E-state index is 12.9. The van der Waals surface area contributed by atoms with Gasteiger partial charge in [-0.05, 0) is 63.4 Å². The molecule has 1 heterocycles. The molecule has 2 rings (SSSR count). The molecule has 2 nitrogen and oxygen atoms in total. The molecule has 0 N–H and O–H groups in total. The van der Waals surface area contributed by atoms with Crippen LogP contribution in [0.25, 0.3) is 0 Å². The molecule has 19 heavy (non-hydrogen) atoms. The fourth-order valence-corrected chi connectivity index (χ4v) is 3.01. The van der Waals surface area contributed by atoms with Gasteiger partial charge >= 0.3 is 0 Å². The summed E-state index contributed by atoms with van der Waals surface area (Å²) in [5.41, 5.74) is 0.597. The first kappa shape index (κ1) is 14.2. The van der Waals surface area contributed by atoms with Gasteiger partial charge in [-0.15, -0.1) is 0 Å². The summed E-state index contributed by atoms with van der Waals surface area (Å²) in [6.45, 7) is 7.37. The van der Waals surface area contributed by atoms with Gasteiger partial charge in [-0.1, -0.05) is 6.92 Å². The van der Waals surface area contributed by atoms with Gasteiger partial charge in [0.2, 0.25) is 0 Å². The second-order valence-electron chi connectivity index (χ2n) is 5.76. The molecule has 1 aliphatic heterocycles.